The Morgan fingerprint density at radius 2 is 1.77 bits per heavy atom. The number of methoxy groups -OCH3 is 1. The van der Waals surface area contributed by atoms with Crippen molar-refractivity contribution in [2.24, 2.45) is 0 Å². The van der Waals surface area contributed by atoms with E-state index in [-0.39, 0.29) is 5.56 Å². The highest BCUT2D eigenvalue weighted by Crippen LogP contribution is 2.53. The van der Waals surface area contributed by atoms with E-state index < -0.39 is 41.5 Å². The number of hydrogen-bond donors (Lipinski definition) is 1. The third-order valence-electron chi connectivity index (χ3n) is 6.49. The minimum absolute atomic E-state index is 0.142. The van der Waals surface area contributed by atoms with Crippen molar-refractivity contribution in [1.29, 1.82) is 0 Å². The van der Waals surface area contributed by atoms with Gasteiger partial charge in [0.15, 0.2) is 0 Å². The highest BCUT2D eigenvalue weighted by atomic mass is 35.5. The summed E-state index contributed by atoms with van der Waals surface area (Å²) in [6.07, 6.45) is -5.17. The number of carboxylic acid groups (broad SMARTS) is 1. The molecule has 3 aromatic rings. The van der Waals surface area contributed by atoms with Gasteiger partial charge in [0.05, 0.1) is 24.5 Å². The van der Waals surface area contributed by atoms with E-state index in [1.807, 2.05) is 0 Å². The molecule has 182 valence electrons. The quantitative estimate of drug-likeness (QED) is 0.451. The molecule has 0 saturated carbocycles. The average molecular weight is 504 g/mol. The Balaban J connectivity index is 1.99. The molecule has 0 aromatic heterocycles. The van der Waals surface area contributed by atoms with Crippen LogP contribution in [0.4, 0.5) is 18.9 Å². The maximum Gasteiger partial charge on any atom is 0.416 e. The smallest absolute Gasteiger partial charge is 0.416 e. The number of nitrogens with zero attached hydrogens (tertiary/aromatic N) is 1. The molecule has 0 radical (unpaired) electrons. The summed E-state index contributed by atoms with van der Waals surface area (Å²) < 4.78 is 46.1. The summed E-state index contributed by atoms with van der Waals surface area (Å²) in [6.45, 7) is 1.64. The van der Waals surface area contributed by atoms with Gasteiger partial charge in [-0.25, -0.2) is 0 Å². The molecule has 5 nitrogen and oxygen atoms in total. The molecule has 9 heteroatoms. The first-order valence-corrected chi connectivity index (χ1v) is 11.0. The van der Waals surface area contributed by atoms with Crippen LogP contribution in [0.5, 0.6) is 5.75 Å². The van der Waals surface area contributed by atoms with Crippen molar-refractivity contribution in [3.8, 4) is 5.75 Å². The maximum atomic E-state index is 13.6. The van der Waals surface area contributed by atoms with Crippen LogP contribution in [0.1, 0.15) is 40.4 Å². The summed E-state index contributed by atoms with van der Waals surface area (Å²) in [5.41, 5.74) is -1.13. The van der Waals surface area contributed by atoms with E-state index in [0.717, 1.165) is 12.1 Å². The number of benzene rings is 3. The Labute approximate surface area is 204 Å². The topological polar surface area (TPSA) is 66.8 Å². The Bertz CT molecular complexity index is 1290. The molecule has 1 aliphatic rings. The number of ether oxygens (including phenoxy) is 1. The van der Waals surface area contributed by atoms with Gasteiger partial charge in [0, 0.05) is 22.3 Å². The lowest BCUT2D eigenvalue weighted by Gasteiger charge is -2.36. The Morgan fingerprint density at radius 1 is 1.09 bits per heavy atom. The number of rotatable bonds is 5. The molecule has 1 N–H and O–H groups in total. The molecule has 1 heterocycles. The summed E-state index contributed by atoms with van der Waals surface area (Å²) >= 11 is 5.96. The predicted octanol–water partition coefficient (Wildman–Crippen LogP) is 6.18. The number of hydrogen-bond acceptors (Lipinski definition) is 3. The lowest BCUT2D eigenvalue weighted by Crippen LogP contribution is -2.47. The number of carbonyl (C=O) groups excluding carboxylic acids is 1. The number of carbonyl (C=O) groups is 2. The highest BCUT2D eigenvalue weighted by Gasteiger charge is 2.53. The van der Waals surface area contributed by atoms with Gasteiger partial charge in [0.25, 0.3) is 5.91 Å². The van der Waals surface area contributed by atoms with Crippen LogP contribution in [0, 0.1) is 0 Å². The van der Waals surface area contributed by atoms with Crippen LogP contribution in [0.3, 0.4) is 0 Å². The lowest BCUT2D eigenvalue weighted by molar-refractivity contribution is -0.138. The second kappa shape index (κ2) is 8.92. The summed E-state index contributed by atoms with van der Waals surface area (Å²) in [5.74, 6) is -1.26. The van der Waals surface area contributed by atoms with Crippen LogP contribution in [0.15, 0.2) is 66.7 Å². The van der Waals surface area contributed by atoms with Gasteiger partial charge < -0.3 is 14.7 Å². The van der Waals surface area contributed by atoms with Crippen LogP contribution < -0.4 is 9.64 Å². The van der Waals surface area contributed by atoms with Crippen LogP contribution in [0.25, 0.3) is 0 Å². The number of anilines is 1. The predicted molar refractivity (Wildman–Crippen MR) is 125 cm³/mol. The van der Waals surface area contributed by atoms with Crippen molar-refractivity contribution in [2.45, 2.75) is 31.0 Å². The molecule has 0 spiro atoms. The van der Waals surface area contributed by atoms with E-state index in [1.54, 1.807) is 49.4 Å². The molecule has 1 amide bonds. The van der Waals surface area contributed by atoms with E-state index in [4.69, 9.17) is 16.3 Å². The monoisotopic (exact) mass is 503 g/mol. The van der Waals surface area contributed by atoms with Gasteiger partial charge in [-0.3, -0.25) is 9.59 Å². The first kappa shape index (κ1) is 24.6. The number of carboxylic acids is 1. The lowest BCUT2D eigenvalue weighted by atomic mass is 9.69. The number of aliphatic carboxylic acids is 1. The molecule has 0 bridgehead atoms. The first-order chi connectivity index (χ1) is 16.5. The Kier molecular flexibility index (Phi) is 6.27. The summed E-state index contributed by atoms with van der Waals surface area (Å²) in [6, 6.07) is 14.8. The van der Waals surface area contributed by atoms with E-state index in [2.05, 4.69) is 0 Å². The summed E-state index contributed by atoms with van der Waals surface area (Å²) in [4.78, 5) is 27.2. The summed E-state index contributed by atoms with van der Waals surface area (Å²) in [7, 11) is 1.43. The van der Waals surface area contributed by atoms with Crippen molar-refractivity contribution in [1.82, 2.24) is 0 Å². The number of amides is 1. The molecular formula is C26H21ClF3NO4. The van der Waals surface area contributed by atoms with Gasteiger partial charge in [-0.1, -0.05) is 29.8 Å². The fourth-order valence-electron chi connectivity index (χ4n) is 4.83. The minimum atomic E-state index is -4.63. The molecule has 2 unspecified atom stereocenters. The van der Waals surface area contributed by atoms with Gasteiger partial charge >= 0.3 is 12.1 Å². The zero-order valence-corrected chi connectivity index (χ0v) is 19.5. The van der Waals surface area contributed by atoms with Crippen molar-refractivity contribution in [3.63, 3.8) is 0 Å². The molecule has 35 heavy (non-hydrogen) atoms. The van der Waals surface area contributed by atoms with E-state index in [9.17, 15) is 27.9 Å². The third-order valence-corrected chi connectivity index (χ3v) is 6.74. The first-order valence-electron chi connectivity index (χ1n) is 10.7. The van der Waals surface area contributed by atoms with Gasteiger partial charge in [-0.2, -0.15) is 13.2 Å². The molecule has 4 rings (SSSR count). The van der Waals surface area contributed by atoms with E-state index in [0.29, 0.717) is 27.6 Å². The number of halogens is 4. The van der Waals surface area contributed by atoms with Crippen molar-refractivity contribution in [2.75, 3.05) is 12.0 Å². The maximum absolute atomic E-state index is 13.6. The Morgan fingerprint density at radius 3 is 2.37 bits per heavy atom. The van der Waals surface area contributed by atoms with Gasteiger partial charge in [-0.15, -0.1) is 0 Å². The largest absolute Gasteiger partial charge is 0.497 e. The fourth-order valence-corrected chi connectivity index (χ4v) is 4.96. The zero-order chi connectivity index (χ0) is 25.5. The summed E-state index contributed by atoms with van der Waals surface area (Å²) in [5, 5.41) is 10.3. The van der Waals surface area contributed by atoms with E-state index >= 15 is 0 Å². The molecular weight excluding hydrogens is 483 g/mol. The average Bonchev–Trinajstić information content (AvgIpc) is 3.06. The second-order valence-electron chi connectivity index (χ2n) is 8.36. The molecule has 0 aliphatic carbocycles. The normalized spacial score (nSPS) is 19.4. The second-order valence-corrected chi connectivity index (χ2v) is 8.80. The Hall–Kier alpha value is -3.52. The molecule has 1 aliphatic heterocycles. The van der Waals surface area contributed by atoms with Crippen molar-refractivity contribution in [3.05, 3.63) is 94.0 Å². The van der Waals surface area contributed by atoms with Gasteiger partial charge in [-0.05, 0) is 66.6 Å². The van der Waals surface area contributed by atoms with Crippen LogP contribution >= 0.6 is 11.6 Å². The third kappa shape index (κ3) is 4.23. The molecule has 0 fully saturated rings. The molecule has 3 aromatic carbocycles. The number of alkyl halides is 3. The van der Waals surface area contributed by atoms with Crippen LogP contribution in [0.2, 0.25) is 5.02 Å². The fraction of sp³-hybridized carbons (Fsp3) is 0.231. The van der Waals surface area contributed by atoms with Gasteiger partial charge in [0.1, 0.15) is 5.75 Å². The highest BCUT2D eigenvalue weighted by molar-refractivity contribution is 6.30. The van der Waals surface area contributed by atoms with E-state index in [1.165, 1.54) is 24.1 Å². The SMILES string of the molecule is COc1ccc2c(c1)C(CC(=O)O)(c1cccc(C(F)(F)F)c1)C(C)N2C(=O)c1ccc(Cl)cc1. The van der Waals surface area contributed by atoms with Crippen LogP contribution in [-0.2, 0) is 16.4 Å². The molecule has 2 atom stereocenters. The van der Waals surface area contributed by atoms with Gasteiger partial charge in [0.2, 0.25) is 0 Å². The van der Waals surface area contributed by atoms with Crippen molar-refractivity contribution < 1.29 is 32.6 Å². The standard InChI is InChI=1S/C26H21ClF3NO4/c1-15-25(14-23(32)33,17-4-3-5-18(12-17)26(28,29)30)21-13-20(35-2)10-11-22(21)31(15)24(34)16-6-8-19(27)9-7-16/h3-13,15H,14H2,1-2H3,(H,32,33). The van der Waals surface area contributed by atoms with Crippen molar-refractivity contribution >= 4 is 29.2 Å². The zero-order valence-electron chi connectivity index (χ0n) is 18.8. The van der Waals surface area contributed by atoms with Crippen LogP contribution in [-0.4, -0.2) is 30.1 Å². The minimum Gasteiger partial charge on any atom is -0.497 e. The molecule has 0 saturated heterocycles. The number of fused-ring (bicyclic) bond motifs is 1.